The molecule has 7 heteroatoms. The van der Waals surface area contributed by atoms with Gasteiger partial charge < -0.3 is 10.2 Å². The molecule has 0 atom stereocenters. The summed E-state index contributed by atoms with van der Waals surface area (Å²) in [6, 6.07) is 7.87. The van der Waals surface area contributed by atoms with Gasteiger partial charge >= 0.3 is 0 Å². The van der Waals surface area contributed by atoms with Gasteiger partial charge in [-0.3, -0.25) is 4.79 Å². The molecule has 1 aromatic rings. The molecule has 0 saturated carbocycles. The van der Waals surface area contributed by atoms with Gasteiger partial charge in [-0.05, 0) is 18.2 Å². The highest BCUT2D eigenvalue weighted by atomic mass is 32.2. The van der Waals surface area contributed by atoms with E-state index in [9.17, 15) is 13.2 Å². The monoisotopic (exact) mass is 309 g/mol. The van der Waals surface area contributed by atoms with Gasteiger partial charge in [-0.15, -0.1) is 0 Å². The van der Waals surface area contributed by atoms with E-state index in [0.29, 0.717) is 18.5 Å². The van der Waals surface area contributed by atoms with Crippen molar-refractivity contribution in [2.75, 3.05) is 32.9 Å². The van der Waals surface area contributed by atoms with E-state index < -0.39 is 9.84 Å². The summed E-state index contributed by atoms with van der Waals surface area (Å²) in [4.78, 5) is 13.0. The van der Waals surface area contributed by atoms with Crippen LogP contribution in [0.1, 0.15) is 12.0 Å². The maximum Gasteiger partial charge on any atom is 0.223 e. The summed E-state index contributed by atoms with van der Waals surface area (Å²) < 4.78 is 24.2. The highest BCUT2D eigenvalue weighted by molar-refractivity contribution is 7.91. The van der Waals surface area contributed by atoms with Crippen LogP contribution in [0.5, 0.6) is 0 Å². The molecule has 1 amide bonds. The number of carbonyl (C=O) groups is 1. The summed E-state index contributed by atoms with van der Waals surface area (Å²) in [6.07, 6.45) is 0.330. The van der Waals surface area contributed by atoms with E-state index in [-0.39, 0.29) is 23.1 Å². The Labute approximate surface area is 125 Å². The molecule has 0 aliphatic heterocycles. The Bertz CT molecular complexity index is 633. The van der Waals surface area contributed by atoms with Crippen molar-refractivity contribution >= 4 is 15.7 Å². The van der Waals surface area contributed by atoms with Crippen LogP contribution in [0.4, 0.5) is 0 Å². The quantitative estimate of drug-likeness (QED) is 0.736. The second-order valence-corrected chi connectivity index (χ2v) is 6.86. The van der Waals surface area contributed by atoms with E-state index in [1.165, 1.54) is 17.0 Å². The van der Waals surface area contributed by atoms with Gasteiger partial charge in [-0.1, -0.05) is 6.07 Å². The van der Waals surface area contributed by atoms with Gasteiger partial charge in [0.2, 0.25) is 5.91 Å². The molecular weight excluding hydrogens is 290 g/mol. The molecule has 0 unspecified atom stereocenters. The Hall–Kier alpha value is -1.91. The summed E-state index contributed by atoms with van der Waals surface area (Å²) >= 11 is 0. The molecule has 1 rings (SSSR count). The van der Waals surface area contributed by atoms with Gasteiger partial charge in [0.1, 0.15) is 0 Å². The maximum atomic E-state index is 12.1. The summed E-state index contributed by atoms with van der Waals surface area (Å²) in [5.41, 5.74) is 0.320. The molecule has 0 spiro atoms. The molecule has 21 heavy (non-hydrogen) atoms. The SMILES string of the molecule is CN(C)C(=O)CCNCCS(=O)(=O)c1cccc(C#N)c1. The lowest BCUT2D eigenvalue weighted by molar-refractivity contribution is -0.128. The zero-order valence-corrected chi connectivity index (χ0v) is 13.0. The normalized spacial score (nSPS) is 10.9. The lowest BCUT2D eigenvalue weighted by atomic mass is 10.2. The van der Waals surface area contributed by atoms with Gasteiger partial charge in [0.25, 0.3) is 0 Å². The number of nitrogens with zero attached hydrogens (tertiary/aromatic N) is 2. The fraction of sp³-hybridized carbons (Fsp3) is 0.429. The molecule has 6 nitrogen and oxygen atoms in total. The maximum absolute atomic E-state index is 12.1. The molecule has 0 aliphatic carbocycles. The molecule has 0 heterocycles. The standard InChI is InChI=1S/C14H19N3O3S/c1-17(2)14(18)6-7-16-8-9-21(19,20)13-5-3-4-12(10-13)11-15/h3-5,10,16H,6-9H2,1-2H3. The molecule has 1 aromatic carbocycles. The van der Waals surface area contributed by atoms with Crippen molar-refractivity contribution < 1.29 is 13.2 Å². The third-order valence-corrected chi connectivity index (χ3v) is 4.60. The van der Waals surface area contributed by atoms with E-state index in [0.717, 1.165) is 0 Å². The number of hydrogen-bond donors (Lipinski definition) is 1. The van der Waals surface area contributed by atoms with Crippen LogP contribution < -0.4 is 5.32 Å². The molecule has 0 radical (unpaired) electrons. The predicted octanol–water partition coefficient (Wildman–Crippen LogP) is 0.400. The minimum atomic E-state index is -3.42. The first kappa shape index (κ1) is 17.1. The van der Waals surface area contributed by atoms with Crippen molar-refractivity contribution in [3.8, 4) is 6.07 Å². The number of nitriles is 1. The van der Waals surface area contributed by atoms with Crippen LogP contribution >= 0.6 is 0 Å². The third-order valence-electron chi connectivity index (χ3n) is 2.88. The molecule has 0 bridgehead atoms. The minimum absolute atomic E-state index is 0.00733. The van der Waals surface area contributed by atoms with Crippen molar-refractivity contribution in [1.82, 2.24) is 10.2 Å². The Morgan fingerprint density at radius 3 is 2.67 bits per heavy atom. The Balaban J connectivity index is 2.47. The van der Waals surface area contributed by atoms with Gasteiger partial charge in [0.05, 0.1) is 22.3 Å². The van der Waals surface area contributed by atoms with Crippen molar-refractivity contribution in [1.29, 1.82) is 5.26 Å². The Morgan fingerprint density at radius 2 is 2.05 bits per heavy atom. The van der Waals surface area contributed by atoms with E-state index in [2.05, 4.69) is 5.32 Å². The van der Waals surface area contributed by atoms with Crippen LogP contribution in [0.3, 0.4) is 0 Å². The Morgan fingerprint density at radius 1 is 1.33 bits per heavy atom. The van der Waals surface area contributed by atoms with Gasteiger partial charge in [-0.2, -0.15) is 5.26 Å². The smallest absolute Gasteiger partial charge is 0.223 e. The van der Waals surface area contributed by atoms with Crippen LogP contribution in [0.15, 0.2) is 29.2 Å². The average molecular weight is 309 g/mol. The van der Waals surface area contributed by atoms with E-state index in [1.807, 2.05) is 6.07 Å². The zero-order chi connectivity index (χ0) is 15.9. The topological polar surface area (TPSA) is 90.3 Å². The second kappa shape index (κ2) is 7.76. The third kappa shape index (κ3) is 5.53. The summed E-state index contributed by atoms with van der Waals surface area (Å²) in [5, 5.41) is 11.7. The van der Waals surface area contributed by atoms with Gasteiger partial charge in [0, 0.05) is 33.6 Å². The predicted molar refractivity (Wildman–Crippen MR) is 79.4 cm³/mol. The number of amides is 1. The van der Waals surface area contributed by atoms with E-state index in [4.69, 9.17) is 5.26 Å². The number of nitrogens with one attached hydrogen (secondary N) is 1. The number of rotatable bonds is 7. The van der Waals surface area contributed by atoms with Gasteiger partial charge in [0.15, 0.2) is 9.84 Å². The number of sulfone groups is 1. The van der Waals surface area contributed by atoms with Crippen LogP contribution in [0.2, 0.25) is 0 Å². The first-order chi connectivity index (χ1) is 9.86. The Kier molecular flexibility index (Phi) is 6.34. The van der Waals surface area contributed by atoms with E-state index >= 15 is 0 Å². The largest absolute Gasteiger partial charge is 0.349 e. The molecule has 114 valence electrons. The lowest BCUT2D eigenvalue weighted by Gasteiger charge is -2.10. The highest BCUT2D eigenvalue weighted by Crippen LogP contribution is 2.12. The van der Waals surface area contributed by atoms with Crippen LogP contribution in [-0.4, -0.2) is 52.2 Å². The van der Waals surface area contributed by atoms with E-state index in [1.54, 1.807) is 26.2 Å². The summed E-state index contributed by atoms with van der Waals surface area (Å²) in [6.45, 7) is 0.699. The zero-order valence-electron chi connectivity index (χ0n) is 12.2. The van der Waals surface area contributed by atoms with Crippen LogP contribution in [0, 0.1) is 11.3 Å². The molecule has 0 fully saturated rings. The van der Waals surface area contributed by atoms with Crippen LogP contribution in [0.25, 0.3) is 0 Å². The van der Waals surface area contributed by atoms with Crippen molar-refractivity contribution in [2.45, 2.75) is 11.3 Å². The van der Waals surface area contributed by atoms with Crippen molar-refractivity contribution in [2.24, 2.45) is 0 Å². The number of benzene rings is 1. The summed E-state index contributed by atoms with van der Waals surface area (Å²) in [5.74, 6) is -0.0787. The number of carbonyl (C=O) groups excluding carboxylic acids is 1. The molecular formula is C14H19N3O3S. The first-order valence-electron chi connectivity index (χ1n) is 6.50. The van der Waals surface area contributed by atoms with Crippen molar-refractivity contribution in [3.05, 3.63) is 29.8 Å². The molecule has 0 aliphatic rings. The highest BCUT2D eigenvalue weighted by Gasteiger charge is 2.14. The van der Waals surface area contributed by atoms with Crippen molar-refractivity contribution in [3.63, 3.8) is 0 Å². The van der Waals surface area contributed by atoms with Gasteiger partial charge in [-0.25, -0.2) is 8.42 Å². The summed E-state index contributed by atoms with van der Waals surface area (Å²) in [7, 11) is -0.0677. The number of hydrogen-bond acceptors (Lipinski definition) is 5. The second-order valence-electron chi connectivity index (χ2n) is 4.75. The van der Waals surface area contributed by atoms with Crippen LogP contribution in [-0.2, 0) is 14.6 Å². The fourth-order valence-corrected chi connectivity index (χ4v) is 2.87. The molecule has 0 saturated heterocycles. The lowest BCUT2D eigenvalue weighted by Crippen LogP contribution is -2.29. The first-order valence-corrected chi connectivity index (χ1v) is 8.16. The molecule has 1 N–H and O–H groups in total. The average Bonchev–Trinajstić information content (AvgIpc) is 2.46. The minimum Gasteiger partial charge on any atom is -0.349 e. The fourth-order valence-electron chi connectivity index (χ4n) is 1.63. The molecule has 0 aromatic heterocycles.